The average molecular weight is 327 g/mol. The molecule has 0 spiro atoms. The summed E-state index contributed by atoms with van der Waals surface area (Å²) in [5.74, 6) is 1.19. The van der Waals surface area contributed by atoms with E-state index in [0.717, 1.165) is 12.8 Å². The molecule has 1 N–H and O–H groups in total. The normalized spacial score (nSPS) is 10.2. The maximum Gasteiger partial charge on any atom is 0.251 e. The van der Waals surface area contributed by atoms with Crippen molar-refractivity contribution < 1.29 is 14.3 Å². The van der Waals surface area contributed by atoms with Crippen LogP contribution in [0, 0.1) is 0 Å². The van der Waals surface area contributed by atoms with Gasteiger partial charge < -0.3 is 14.8 Å². The molecule has 2 aromatic carbocycles. The molecule has 0 radical (unpaired) electrons. The predicted octanol–water partition coefficient (Wildman–Crippen LogP) is 3.85. The molecule has 0 saturated carbocycles. The van der Waals surface area contributed by atoms with Gasteiger partial charge in [-0.25, -0.2) is 0 Å². The molecule has 0 aliphatic rings. The van der Waals surface area contributed by atoms with Gasteiger partial charge in [-0.05, 0) is 43.5 Å². The lowest BCUT2D eigenvalue weighted by Crippen LogP contribution is -2.25. The lowest BCUT2D eigenvalue weighted by atomic mass is 10.1. The second-order valence-corrected chi connectivity index (χ2v) is 5.43. The van der Waals surface area contributed by atoms with Crippen LogP contribution in [-0.4, -0.2) is 25.7 Å². The van der Waals surface area contributed by atoms with E-state index in [1.165, 1.54) is 5.56 Å². The molecule has 0 aromatic heterocycles. The monoisotopic (exact) mass is 327 g/mol. The zero-order valence-corrected chi connectivity index (χ0v) is 14.4. The maximum atomic E-state index is 12.3. The van der Waals surface area contributed by atoms with Crippen LogP contribution in [0.5, 0.6) is 11.5 Å². The molecule has 4 heteroatoms. The Morgan fingerprint density at radius 2 is 1.79 bits per heavy atom. The summed E-state index contributed by atoms with van der Waals surface area (Å²) in [4.78, 5) is 12.3. The zero-order valence-electron chi connectivity index (χ0n) is 14.4. The van der Waals surface area contributed by atoms with Gasteiger partial charge in [0.2, 0.25) is 0 Å². The quantitative estimate of drug-likeness (QED) is 0.761. The van der Waals surface area contributed by atoms with Gasteiger partial charge >= 0.3 is 0 Å². The average Bonchev–Trinajstić information content (AvgIpc) is 2.61. The van der Waals surface area contributed by atoms with Crippen molar-refractivity contribution in [3.05, 3.63) is 59.7 Å². The van der Waals surface area contributed by atoms with Crippen LogP contribution in [0.4, 0.5) is 0 Å². The largest absolute Gasteiger partial charge is 0.490 e. The lowest BCUT2D eigenvalue weighted by Gasteiger charge is -2.13. The van der Waals surface area contributed by atoms with Crippen LogP contribution in [0.2, 0.25) is 0 Å². The first kappa shape index (κ1) is 17.9. The van der Waals surface area contributed by atoms with Crippen LogP contribution in [-0.2, 0) is 6.42 Å². The van der Waals surface area contributed by atoms with Crippen molar-refractivity contribution in [2.45, 2.75) is 26.7 Å². The third kappa shape index (κ3) is 5.30. The van der Waals surface area contributed by atoms with Gasteiger partial charge in [0, 0.05) is 12.1 Å². The van der Waals surface area contributed by atoms with E-state index in [4.69, 9.17) is 9.47 Å². The Bertz CT molecular complexity index is 641. The Kier molecular flexibility index (Phi) is 7.15. The molecular weight excluding hydrogens is 302 g/mol. The van der Waals surface area contributed by atoms with Crippen molar-refractivity contribution in [2.75, 3.05) is 19.8 Å². The number of ether oxygens (including phenoxy) is 2. The number of hydrogen-bond donors (Lipinski definition) is 1. The number of carbonyl (C=O) groups excluding carboxylic acids is 1. The number of benzene rings is 2. The maximum absolute atomic E-state index is 12.3. The zero-order chi connectivity index (χ0) is 17.2. The van der Waals surface area contributed by atoms with Crippen LogP contribution in [0.1, 0.15) is 36.2 Å². The third-order valence-corrected chi connectivity index (χ3v) is 3.51. The smallest absolute Gasteiger partial charge is 0.251 e. The van der Waals surface area contributed by atoms with Gasteiger partial charge in [-0.1, -0.05) is 37.3 Å². The Morgan fingerprint density at radius 1 is 1.00 bits per heavy atom. The number of rotatable bonds is 9. The van der Waals surface area contributed by atoms with E-state index in [-0.39, 0.29) is 5.91 Å². The van der Waals surface area contributed by atoms with E-state index >= 15 is 0 Å². The van der Waals surface area contributed by atoms with Crippen LogP contribution in [0.15, 0.2) is 48.5 Å². The molecule has 4 nitrogen and oxygen atoms in total. The Morgan fingerprint density at radius 3 is 2.50 bits per heavy atom. The van der Waals surface area contributed by atoms with Crippen molar-refractivity contribution in [1.82, 2.24) is 5.32 Å². The van der Waals surface area contributed by atoms with Crippen molar-refractivity contribution >= 4 is 5.91 Å². The highest BCUT2D eigenvalue weighted by Crippen LogP contribution is 2.28. The van der Waals surface area contributed by atoms with Crippen molar-refractivity contribution in [1.29, 1.82) is 0 Å². The van der Waals surface area contributed by atoms with Gasteiger partial charge in [-0.15, -0.1) is 0 Å². The Balaban J connectivity index is 1.96. The molecule has 0 heterocycles. The summed E-state index contributed by atoms with van der Waals surface area (Å²) >= 11 is 0. The fraction of sp³-hybridized carbons (Fsp3) is 0.350. The van der Waals surface area contributed by atoms with Crippen LogP contribution in [0.25, 0.3) is 0 Å². The molecule has 0 fully saturated rings. The van der Waals surface area contributed by atoms with Gasteiger partial charge in [-0.2, -0.15) is 0 Å². The van der Waals surface area contributed by atoms with E-state index in [2.05, 4.69) is 24.4 Å². The fourth-order valence-electron chi connectivity index (χ4n) is 2.32. The number of amides is 1. The topological polar surface area (TPSA) is 47.6 Å². The van der Waals surface area contributed by atoms with E-state index in [9.17, 15) is 4.79 Å². The molecule has 0 unspecified atom stereocenters. The fourth-order valence-corrected chi connectivity index (χ4v) is 2.32. The molecule has 2 aromatic rings. The van der Waals surface area contributed by atoms with Crippen LogP contribution >= 0.6 is 0 Å². The summed E-state index contributed by atoms with van der Waals surface area (Å²) < 4.78 is 11.2. The molecule has 128 valence electrons. The van der Waals surface area contributed by atoms with Crippen molar-refractivity contribution in [3.8, 4) is 11.5 Å². The molecular formula is C20H25NO3. The molecule has 1 amide bonds. The minimum absolute atomic E-state index is 0.103. The minimum Gasteiger partial charge on any atom is -0.490 e. The van der Waals surface area contributed by atoms with Gasteiger partial charge in [-0.3, -0.25) is 4.79 Å². The van der Waals surface area contributed by atoms with Gasteiger partial charge in [0.1, 0.15) is 0 Å². The second kappa shape index (κ2) is 9.60. The lowest BCUT2D eigenvalue weighted by molar-refractivity contribution is 0.0953. The first-order chi connectivity index (χ1) is 11.7. The first-order valence-corrected chi connectivity index (χ1v) is 8.46. The molecule has 0 atom stereocenters. The van der Waals surface area contributed by atoms with E-state index < -0.39 is 0 Å². The number of carbonyl (C=O) groups is 1. The molecule has 24 heavy (non-hydrogen) atoms. The number of hydrogen-bond acceptors (Lipinski definition) is 3. The van der Waals surface area contributed by atoms with E-state index in [1.807, 2.05) is 25.1 Å². The van der Waals surface area contributed by atoms with E-state index in [1.54, 1.807) is 18.2 Å². The minimum atomic E-state index is -0.103. The summed E-state index contributed by atoms with van der Waals surface area (Å²) in [6.45, 7) is 5.72. The van der Waals surface area contributed by atoms with Crippen LogP contribution in [0.3, 0.4) is 0 Å². The summed E-state index contributed by atoms with van der Waals surface area (Å²) in [5, 5.41) is 2.94. The summed E-state index contributed by atoms with van der Waals surface area (Å²) in [7, 11) is 0. The standard InChI is InChI=1S/C20H25NO3/c1-3-14-24-18-11-10-17(15-19(18)23-4-2)20(22)21-13-12-16-8-6-5-7-9-16/h5-11,15H,3-4,12-14H2,1-2H3,(H,21,22). The summed E-state index contributed by atoms with van der Waals surface area (Å²) in [6.07, 6.45) is 1.73. The van der Waals surface area contributed by atoms with Gasteiger partial charge in [0.25, 0.3) is 5.91 Å². The highest BCUT2D eigenvalue weighted by atomic mass is 16.5. The second-order valence-electron chi connectivity index (χ2n) is 5.43. The molecule has 0 aliphatic heterocycles. The van der Waals surface area contributed by atoms with Crippen molar-refractivity contribution in [3.63, 3.8) is 0 Å². The highest BCUT2D eigenvalue weighted by Gasteiger charge is 2.11. The third-order valence-electron chi connectivity index (χ3n) is 3.51. The number of nitrogens with one attached hydrogen (secondary N) is 1. The molecule has 0 aliphatic carbocycles. The SMILES string of the molecule is CCCOc1ccc(C(=O)NCCc2ccccc2)cc1OCC. The summed E-state index contributed by atoms with van der Waals surface area (Å²) in [5.41, 5.74) is 1.78. The Hall–Kier alpha value is -2.49. The molecule has 0 saturated heterocycles. The first-order valence-electron chi connectivity index (χ1n) is 8.46. The van der Waals surface area contributed by atoms with E-state index in [0.29, 0.717) is 36.8 Å². The van der Waals surface area contributed by atoms with Gasteiger partial charge in [0.05, 0.1) is 13.2 Å². The highest BCUT2D eigenvalue weighted by molar-refractivity contribution is 5.94. The molecule has 0 bridgehead atoms. The van der Waals surface area contributed by atoms with Gasteiger partial charge in [0.15, 0.2) is 11.5 Å². The molecule has 2 rings (SSSR count). The Labute approximate surface area is 143 Å². The van der Waals surface area contributed by atoms with Crippen LogP contribution < -0.4 is 14.8 Å². The van der Waals surface area contributed by atoms with Crippen molar-refractivity contribution in [2.24, 2.45) is 0 Å². The summed E-state index contributed by atoms with van der Waals surface area (Å²) in [6, 6.07) is 15.4. The predicted molar refractivity (Wildman–Crippen MR) is 95.9 cm³/mol.